The van der Waals surface area contributed by atoms with Crippen molar-refractivity contribution >= 4 is 10.0 Å². The Hall–Kier alpha value is -1.02. The van der Waals surface area contributed by atoms with Gasteiger partial charge in [-0.3, -0.25) is 0 Å². The molecule has 1 saturated heterocycles. The topological polar surface area (TPSA) is 75.6 Å². The number of rotatable bonds is 5. The molecule has 2 rings (SSSR count). The van der Waals surface area contributed by atoms with E-state index in [1.807, 2.05) is 0 Å². The molecule has 1 aromatic rings. The Kier molecular flexibility index (Phi) is 5.09. The van der Waals surface area contributed by atoms with Crippen molar-refractivity contribution in [2.45, 2.75) is 36.9 Å². The molecule has 0 saturated carbocycles. The number of nitrogens with one attached hydrogen (secondary N) is 1. The predicted molar refractivity (Wildman–Crippen MR) is 71.1 cm³/mol. The molecule has 0 aliphatic carbocycles. The molecule has 0 radical (unpaired) electrons. The molecule has 112 valence electrons. The number of halogens is 1. The highest BCUT2D eigenvalue weighted by Gasteiger charge is 2.22. The van der Waals surface area contributed by atoms with Crippen LogP contribution in [-0.4, -0.2) is 32.8 Å². The van der Waals surface area contributed by atoms with Gasteiger partial charge in [0, 0.05) is 13.2 Å². The van der Waals surface area contributed by atoms with Crippen molar-refractivity contribution in [3.8, 4) is 0 Å². The van der Waals surface area contributed by atoms with Gasteiger partial charge in [-0.05, 0) is 37.0 Å². The summed E-state index contributed by atoms with van der Waals surface area (Å²) in [7, 11) is -3.90. The van der Waals surface area contributed by atoms with E-state index in [1.165, 1.54) is 6.07 Å². The molecule has 1 unspecified atom stereocenters. The lowest BCUT2D eigenvalue weighted by atomic mass is 10.1. The number of hydrogen-bond donors (Lipinski definition) is 2. The highest BCUT2D eigenvalue weighted by atomic mass is 32.2. The second-order valence-corrected chi connectivity index (χ2v) is 6.50. The third kappa shape index (κ3) is 3.76. The van der Waals surface area contributed by atoms with Gasteiger partial charge in [-0.15, -0.1) is 0 Å². The van der Waals surface area contributed by atoms with Gasteiger partial charge in [0.15, 0.2) is 0 Å². The van der Waals surface area contributed by atoms with E-state index < -0.39 is 20.7 Å². The summed E-state index contributed by atoms with van der Waals surface area (Å²) in [5.41, 5.74) is 0.331. The van der Waals surface area contributed by atoms with Crippen LogP contribution in [0.5, 0.6) is 0 Å². The maximum atomic E-state index is 13.7. The summed E-state index contributed by atoms with van der Waals surface area (Å²) in [6.07, 6.45) is 2.64. The lowest BCUT2D eigenvalue weighted by Gasteiger charge is -2.22. The number of hydrogen-bond acceptors (Lipinski definition) is 4. The van der Waals surface area contributed by atoms with Crippen LogP contribution >= 0.6 is 0 Å². The minimum absolute atomic E-state index is 0.142. The van der Waals surface area contributed by atoms with Crippen molar-refractivity contribution in [3.63, 3.8) is 0 Å². The molecule has 7 heteroatoms. The summed E-state index contributed by atoms with van der Waals surface area (Å²) in [4.78, 5) is -0.412. The number of aliphatic hydroxyl groups excluding tert-OH is 1. The lowest BCUT2D eigenvalue weighted by Crippen LogP contribution is -2.35. The molecule has 1 fully saturated rings. The fourth-order valence-corrected chi connectivity index (χ4v) is 3.23. The Morgan fingerprint density at radius 2 is 2.20 bits per heavy atom. The Morgan fingerprint density at radius 3 is 2.80 bits per heavy atom. The van der Waals surface area contributed by atoms with Crippen LogP contribution in [0.25, 0.3) is 0 Å². The molecule has 1 aliphatic heterocycles. The van der Waals surface area contributed by atoms with E-state index in [1.54, 1.807) is 0 Å². The van der Waals surface area contributed by atoms with E-state index >= 15 is 0 Å². The zero-order valence-electron chi connectivity index (χ0n) is 11.0. The molecule has 0 amide bonds. The van der Waals surface area contributed by atoms with E-state index in [2.05, 4.69) is 4.72 Å². The number of benzene rings is 1. The minimum Gasteiger partial charge on any atom is -0.392 e. The van der Waals surface area contributed by atoms with Gasteiger partial charge in [-0.1, -0.05) is 6.07 Å². The Labute approximate surface area is 117 Å². The van der Waals surface area contributed by atoms with Crippen LogP contribution in [0.2, 0.25) is 0 Å². The van der Waals surface area contributed by atoms with Crippen LogP contribution in [0.4, 0.5) is 4.39 Å². The average Bonchev–Trinajstić information content (AvgIpc) is 2.46. The van der Waals surface area contributed by atoms with Crippen LogP contribution in [-0.2, 0) is 21.4 Å². The largest absolute Gasteiger partial charge is 0.392 e. The van der Waals surface area contributed by atoms with E-state index in [0.29, 0.717) is 12.2 Å². The number of ether oxygens (including phenoxy) is 1. The quantitative estimate of drug-likeness (QED) is 0.856. The molecule has 0 spiro atoms. The molecule has 0 aromatic heterocycles. The maximum absolute atomic E-state index is 13.7. The first-order valence-electron chi connectivity index (χ1n) is 6.53. The van der Waals surface area contributed by atoms with Gasteiger partial charge in [0.05, 0.1) is 12.7 Å². The Balaban J connectivity index is 2.05. The predicted octanol–water partition coefficient (Wildman–Crippen LogP) is 1.17. The van der Waals surface area contributed by atoms with Gasteiger partial charge in [0.1, 0.15) is 10.7 Å². The summed E-state index contributed by atoms with van der Waals surface area (Å²) in [5.74, 6) is -0.867. The van der Waals surface area contributed by atoms with E-state index in [9.17, 15) is 12.8 Å². The normalized spacial score (nSPS) is 20.0. The first-order valence-corrected chi connectivity index (χ1v) is 8.02. The number of aliphatic hydroxyl groups is 1. The second-order valence-electron chi connectivity index (χ2n) is 4.76. The second kappa shape index (κ2) is 6.62. The van der Waals surface area contributed by atoms with E-state index in [-0.39, 0.29) is 19.3 Å². The monoisotopic (exact) mass is 303 g/mol. The molecule has 1 aromatic carbocycles. The van der Waals surface area contributed by atoms with Gasteiger partial charge in [0.25, 0.3) is 0 Å². The SMILES string of the molecule is O=S(=O)(NCC1CCCCO1)c1ccc(CO)cc1F. The van der Waals surface area contributed by atoms with Crippen molar-refractivity contribution in [1.82, 2.24) is 4.72 Å². The van der Waals surface area contributed by atoms with Gasteiger partial charge >= 0.3 is 0 Å². The number of sulfonamides is 1. The van der Waals surface area contributed by atoms with Crippen LogP contribution in [0, 0.1) is 5.82 Å². The van der Waals surface area contributed by atoms with Crippen LogP contribution in [0.3, 0.4) is 0 Å². The first-order chi connectivity index (χ1) is 9.53. The summed E-state index contributed by atoms with van der Waals surface area (Å²) in [6, 6.07) is 3.56. The minimum atomic E-state index is -3.90. The average molecular weight is 303 g/mol. The zero-order chi connectivity index (χ0) is 14.6. The molecule has 20 heavy (non-hydrogen) atoms. The summed E-state index contributed by atoms with van der Waals surface area (Å²) in [5, 5.41) is 8.88. The van der Waals surface area contributed by atoms with Crippen molar-refractivity contribution in [2.75, 3.05) is 13.2 Å². The Bertz CT molecular complexity index is 555. The molecule has 5 nitrogen and oxygen atoms in total. The fraction of sp³-hybridized carbons (Fsp3) is 0.538. The summed E-state index contributed by atoms with van der Waals surface area (Å²) in [6.45, 7) is 0.441. The van der Waals surface area contributed by atoms with Gasteiger partial charge in [0.2, 0.25) is 10.0 Å². The molecule has 1 aliphatic rings. The molecule has 0 bridgehead atoms. The molecular weight excluding hydrogens is 285 g/mol. The maximum Gasteiger partial charge on any atom is 0.243 e. The lowest BCUT2D eigenvalue weighted by molar-refractivity contribution is 0.0200. The zero-order valence-corrected chi connectivity index (χ0v) is 11.8. The smallest absolute Gasteiger partial charge is 0.243 e. The summed E-state index contributed by atoms with van der Waals surface area (Å²) >= 11 is 0. The van der Waals surface area contributed by atoms with E-state index in [0.717, 1.165) is 31.4 Å². The van der Waals surface area contributed by atoms with Crippen LogP contribution in [0.1, 0.15) is 24.8 Å². The third-order valence-corrected chi connectivity index (χ3v) is 4.70. The van der Waals surface area contributed by atoms with E-state index in [4.69, 9.17) is 9.84 Å². The van der Waals surface area contributed by atoms with Crippen LogP contribution in [0.15, 0.2) is 23.1 Å². The van der Waals surface area contributed by atoms with Crippen molar-refractivity contribution < 1.29 is 22.7 Å². The van der Waals surface area contributed by atoms with Gasteiger partial charge < -0.3 is 9.84 Å². The van der Waals surface area contributed by atoms with Gasteiger partial charge in [-0.2, -0.15) is 0 Å². The van der Waals surface area contributed by atoms with Crippen molar-refractivity contribution in [3.05, 3.63) is 29.6 Å². The molecule has 1 atom stereocenters. The fourth-order valence-electron chi connectivity index (χ4n) is 2.11. The standard InChI is InChI=1S/C13H18FNO4S/c14-12-7-10(9-16)4-5-13(12)20(17,18)15-8-11-3-1-2-6-19-11/h4-5,7,11,15-16H,1-3,6,8-9H2. The highest BCUT2D eigenvalue weighted by Crippen LogP contribution is 2.17. The first kappa shape index (κ1) is 15.4. The summed E-state index contributed by atoms with van der Waals surface area (Å²) < 4.78 is 45.6. The van der Waals surface area contributed by atoms with Crippen molar-refractivity contribution in [2.24, 2.45) is 0 Å². The molecule has 1 heterocycles. The van der Waals surface area contributed by atoms with Crippen LogP contribution < -0.4 is 4.72 Å². The molecular formula is C13H18FNO4S. The highest BCUT2D eigenvalue weighted by molar-refractivity contribution is 7.89. The Morgan fingerprint density at radius 1 is 1.40 bits per heavy atom. The van der Waals surface area contributed by atoms with Crippen molar-refractivity contribution in [1.29, 1.82) is 0 Å². The van der Waals surface area contributed by atoms with Gasteiger partial charge in [-0.25, -0.2) is 17.5 Å². The third-order valence-electron chi connectivity index (χ3n) is 3.24. The molecule has 2 N–H and O–H groups in total.